The zero-order chi connectivity index (χ0) is 17.2. The summed E-state index contributed by atoms with van der Waals surface area (Å²) < 4.78 is 34.6. The van der Waals surface area contributed by atoms with Crippen molar-refractivity contribution in [3.05, 3.63) is 0 Å². The Labute approximate surface area is 144 Å². The van der Waals surface area contributed by atoms with Gasteiger partial charge in [-0.3, -0.25) is 9.69 Å². The molecule has 0 radical (unpaired) electrons. The van der Waals surface area contributed by atoms with Crippen LogP contribution in [0.25, 0.3) is 0 Å². The lowest BCUT2D eigenvalue weighted by Gasteiger charge is -2.36. The molecule has 3 aliphatic heterocycles. The van der Waals surface area contributed by atoms with Gasteiger partial charge in [-0.05, 0) is 32.7 Å². The minimum atomic E-state index is -2.98. The quantitative estimate of drug-likeness (QED) is 0.693. The van der Waals surface area contributed by atoms with Crippen LogP contribution in [0.15, 0.2) is 0 Å². The number of sulfone groups is 1. The summed E-state index contributed by atoms with van der Waals surface area (Å²) in [5.74, 6) is 0.659. The molecule has 3 heterocycles. The fourth-order valence-corrected chi connectivity index (χ4v) is 5.78. The maximum Gasteiger partial charge on any atom is 0.237 e. The van der Waals surface area contributed by atoms with Gasteiger partial charge in [-0.15, -0.1) is 0 Å². The van der Waals surface area contributed by atoms with Crippen molar-refractivity contribution in [2.75, 3.05) is 50.9 Å². The van der Waals surface area contributed by atoms with Gasteiger partial charge in [0.05, 0.1) is 31.3 Å². The summed E-state index contributed by atoms with van der Waals surface area (Å²) in [7, 11) is -2.98. The first-order chi connectivity index (χ1) is 11.5. The molecule has 7 nitrogen and oxygen atoms in total. The van der Waals surface area contributed by atoms with Crippen molar-refractivity contribution < 1.29 is 22.7 Å². The van der Waals surface area contributed by atoms with Crippen LogP contribution in [-0.2, 0) is 24.1 Å². The van der Waals surface area contributed by atoms with Gasteiger partial charge in [0, 0.05) is 25.0 Å². The van der Waals surface area contributed by atoms with E-state index in [-0.39, 0.29) is 29.7 Å². The lowest BCUT2D eigenvalue weighted by Crippen LogP contribution is -2.49. The van der Waals surface area contributed by atoms with E-state index in [1.54, 1.807) is 4.90 Å². The topological polar surface area (TPSA) is 76.2 Å². The summed E-state index contributed by atoms with van der Waals surface area (Å²) in [6, 6.07) is -0.158. The second-order valence-corrected chi connectivity index (χ2v) is 9.21. The van der Waals surface area contributed by atoms with Gasteiger partial charge in [0.1, 0.15) is 0 Å². The van der Waals surface area contributed by atoms with Gasteiger partial charge < -0.3 is 14.4 Å². The first kappa shape index (κ1) is 18.1. The number of hydrogen-bond donors (Lipinski definition) is 0. The van der Waals surface area contributed by atoms with E-state index in [0.29, 0.717) is 38.6 Å². The minimum absolute atomic E-state index is 0.0357. The Bertz CT molecular complexity index is 547. The third kappa shape index (κ3) is 4.28. The van der Waals surface area contributed by atoms with Crippen LogP contribution in [0, 0.1) is 5.92 Å². The number of carbonyl (C=O) groups excluding carboxylic acids is 1. The number of likely N-dealkylation sites (N-methyl/N-ethyl adjacent to an activating group) is 1. The van der Waals surface area contributed by atoms with Gasteiger partial charge in [0.25, 0.3) is 0 Å². The van der Waals surface area contributed by atoms with E-state index in [2.05, 4.69) is 4.90 Å². The Balaban J connectivity index is 1.54. The summed E-state index contributed by atoms with van der Waals surface area (Å²) in [4.78, 5) is 16.6. The number of carbonyl (C=O) groups is 1. The van der Waals surface area contributed by atoms with Crippen molar-refractivity contribution in [3.8, 4) is 0 Å². The lowest BCUT2D eigenvalue weighted by atomic mass is 9.97. The van der Waals surface area contributed by atoms with Crippen LogP contribution in [0.3, 0.4) is 0 Å². The van der Waals surface area contributed by atoms with Crippen LogP contribution in [0.5, 0.6) is 0 Å². The first-order valence-electron chi connectivity index (χ1n) is 8.94. The van der Waals surface area contributed by atoms with Crippen molar-refractivity contribution in [1.29, 1.82) is 0 Å². The number of likely N-dealkylation sites (tertiary alicyclic amines) is 1. The molecule has 0 spiro atoms. The molecule has 0 bridgehead atoms. The monoisotopic (exact) mass is 360 g/mol. The second kappa shape index (κ2) is 7.68. The zero-order valence-corrected chi connectivity index (χ0v) is 15.2. The predicted octanol–water partition coefficient (Wildman–Crippen LogP) is 0.107. The van der Waals surface area contributed by atoms with Gasteiger partial charge in [0.2, 0.25) is 5.91 Å². The van der Waals surface area contributed by atoms with Crippen LogP contribution in [0.2, 0.25) is 0 Å². The largest absolute Gasteiger partial charge is 0.350 e. The highest BCUT2D eigenvalue weighted by molar-refractivity contribution is 7.91. The Morgan fingerprint density at radius 1 is 1.25 bits per heavy atom. The second-order valence-electron chi connectivity index (χ2n) is 6.98. The molecule has 8 heteroatoms. The van der Waals surface area contributed by atoms with E-state index in [9.17, 15) is 13.2 Å². The molecular weight excluding hydrogens is 332 g/mol. The molecule has 24 heavy (non-hydrogen) atoms. The highest BCUT2D eigenvalue weighted by Gasteiger charge is 2.36. The number of nitrogens with zero attached hydrogens (tertiary/aromatic N) is 2. The summed E-state index contributed by atoms with van der Waals surface area (Å²) in [6.45, 7) is 5.84. The van der Waals surface area contributed by atoms with Gasteiger partial charge >= 0.3 is 0 Å². The van der Waals surface area contributed by atoms with E-state index in [1.807, 2.05) is 6.92 Å². The molecule has 0 aliphatic carbocycles. The molecule has 3 aliphatic rings. The number of amides is 1. The average Bonchev–Trinajstić information content (AvgIpc) is 3.18. The molecular formula is C16H28N2O5S. The maximum absolute atomic E-state index is 12.7. The van der Waals surface area contributed by atoms with Crippen LogP contribution >= 0.6 is 0 Å². The van der Waals surface area contributed by atoms with Crippen molar-refractivity contribution in [1.82, 2.24) is 9.80 Å². The number of rotatable bonds is 5. The van der Waals surface area contributed by atoms with Crippen molar-refractivity contribution in [2.24, 2.45) is 5.92 Å². The third-order valence-electron chi connectivity index (χ3n) is 5.24. The van der Waals surface area contributed by atoms with E-state index < -0.39 is 9.84 Å². The van der Waals surface area contributed by atoms with Crippen LogP contribution in [-0.4, -0.2) is 87.4 Å². The third-order valence-corrected chi connectivity index (χ3v) is 6.99. The van der Waals surface area contributed by atoms with Gasteiger partial charge in [-0.2, -0.15) is 0 Å². The number of piperidine rings is 1. The molecule has 138 valence electrons. The van der Waals surface area contributed by atoms with Gasteiger partial charge in [-0.1, -0.05) is 0 Å². The van der Waals surface area contributed by atoms with E-state index in [4.69, 9.17) is 9.47 Å². The molecule has 3 saturated heterocycles. The standard InChI is InChI=1S/C16H28N2O5S/c1-2-18(14-5-9-24(20,21)12-14)15(19)11-17-6-3-4-13(10-17)16-22-7-8-23-16/h13-14,16H,2-12H2,1H3. The summed E-state index contributed by atoms with van der Waals surface area (Å²) >= 11 is 0. The Morgan fingerprint density at radius 3 is 2.62 bits per heavy atom. The van der Waals surface area contributed by atoms with Crippen LogP contribution in [0.1, 0.15) is 26.2 Å². The normalized spacial score (nSPS) is 31.4. The van der Waals surface area contributed by atoms with Crippen molar-refractivity contribution >= 4 is 15.7 Å². The molecule has 0 saturated carbocycles. The van der Waals surface area contributed by atoms with E-state index in [0.717, 1.165) is 25.9 Å². The van der Waals surface area contributed by atoms with Crippen LogP contribution < -0.4 is 0 Å². The molecule has 2 unspecified atom stereocenters. The highest BCUT2D eigenvalue weighted by Crippen LogP contribution is 2.25. The minimum Gasteiger partial charge on any atom is -0.350 e. The van der Waals surface area contributed by atoms with Crippen LogP contribution in [0.4, 0.5) is 0 Å². The van der Waals surface area contributed by atoms with Gasteiger partial charge in [-0.25, -0.2) is 8.42 Å². The zero-order valence-electron chi connectivity index (χ0n) is 14.4. The number of hydrogen-bond acceptors (Lipinski definition) is 6. The smallest absolute Gasteiger partial charge is 0.237 e. The molecule has 3 rings (SSSR count). The highest BCUT2D eigenvalue weighted by atomic mass is 32.2. The molecule has 0 aromatic rings. The SMILES string of the molecule is CCN(C(=O)CN1CCCC(C2OCCO2)C1)C1CCS(=O)(=O)C1. The van der Waals surface area contributed by atoms with Crippen molar-refractivity contribution in [3.63, 3.8) is 0 Å². The summed E-state index contributed by atoms with van der Waals surface area (Å²) in [5, 5.41) is 0. The lowest BCUT2D eigenvalue weighted by molar-refractivity contribution is -0.136. The molecule has 1 amide bonds. The Hall–Kier alpha value is -0.700. The fraction of sp³-hybridized carbons (Fsp3) is 0.938. The van der Waals surface area contributed by atoms with Crippen molar-refractivity contribution in [2.45, 2.75) is 38.5 Å². The molecule has 3 fully saturated rings. The summed E-state index contributed by atoms with van der Waals surface area (Å²) in [6.07, 6.45) is 2.53. The molecule has 0 aromatic carbocycles. The average molecular weight is 360 g/mol. The first-order valence-corrected chi connectivity index (χ1v) is 10.8. The van der Waals surface area contributed by atoms with E-state index in [1.165, 1.54) is 0 Å². The summed E-state index contributed by atoms with van der Waals surface area (Å²) in [5.41, 5.74) is 0. The number of ether oxygens (including phenoxy) is 2. The van der Waals surface area contributed by atoms with E-state index >= 15 is 0 Å². The van der Waals surface area contributed by atoms with Gasteiger partial charge in [0.15, 0.2) is 16.1 Å². The molecule has 0 aromatic heterocycles. The fourth-order valence-electron chi connectivity index (χ4n) is 4.05. The Morgan fingerprint density at radius 2 is 2.00 bits per heavy atom. The maximum atomic E-state index is 12.7. The molecule has 2 atom stereocenters. The Kier molecular flexibility index (Phi) is 5.79. The molecule has 0 N–H and O–H groups in total. The predicted molar refractivity (Wildman–Crippen MR) is 89.3 cm³/mol.